The van der Waals surface area contributed by atoms with E-state index in [4.69, 9.17) is 15.3 Å². The SMILES string of the molecule is CCN(CC)CCO.Cc1cc(C(=O)O)cc(C(=O)O)c1. The lowest BCUT2D eigenvalue weighted by atomic mass is 10.1. The molecule has 0 fully saturated rings. The predicted molar refractivity (Wildman–Crippen MR) is 80.0 cm³/mol. The molecule has 0 atom stereocenters. The molecular weight excluding hydrogens is 274 g/mol. The molecule has 1 rings (SSSR count). The van der Waals surface area contributed by atoms with Crippen molar-refractivity contribution in [3.05, 3.63) is 34.9 Å². The number of rotatable bonds is 6. The first kappa shape index (κ1) is 19.1. The topological polar surface area (TPSA) is 98.1 Å². The predicted octanol–water partition coefficient (Wildman–Crippen LogP) is 1.71. The van der Waals surface area contributed by atoms with Crippen molar-refractivity contribution in [1.29, 1.82) is 0 Å². The molecule has 6 heteroatoms. The Hall–Kier alpha value is -1.92. The highest BCUT2D eigenvalue weighted by molar-refractivity contribution is 5.94. The summed E-state index contributed by atoms with van der Waals surface area (Å²) in [6.45, 7) is 9.01. The number of carboxylic acids is 2. The van der Waals surface area contributed by atoms with Gasteiger partial charge in [-0.25, -0.2) is 9.59 Å². The third-order valence-electron chi connectivity index (χ3n) is 2.88. The first-order valence-electron chi connectivity index (χ1n) is 6.77. The van der Waals surface area contributed by atoms with Crippen LogP contribution in [0.5, 0.6) is 0 Å². The van der Waals surface area contributed by atoms with Gasteiger partial charge in [0.2, 0.25) is 0 Å². The molecule has 0 bridgehead atoms. The summed E-state index contributed by atoms with van der Waals surface area (Å²) in [4.78, 5) is 23.3. The average Bonchev–Trinajstić information content (AvgIpc) is 2.44. The Balaban J connectivity index is 0.000000433. The first-order valence-corrected chi connectivity index (χ1v) is 6.77. The van der Waals surface area contributed by atoms with Gasteiger partial charge in [-0.05, 0) is 43.8 Å². The molecule has 0 radical (unpaired) electrons. The molecule has 0 spiro atoms. The molecule has 0 unspecified atom stereocenters. The van der Waals surface area contributed by atoms with Gasteiger partial charge in [0, 0.05) is 6.54 Å². The second-order valence-electron chi connectivity index (χ2n) is 4.45. The summed E-state index contributed by atoms with van der Waals surface area (Å²) in [5.41, 5.74) is 0.618. The van der Waals surface area contributed by atoms with Crippen LogP contribution in [0, 0.1) is 6.92 Å². The third-order valence-corrected chi connectivity index (χ3v) is 2.88. The van der Waals surface area contributed by atoms with E-state index in [-0.39, 0.29) is 17.7 Å². The van der Waals surface area contributed by atoms with Gasteiger partial charge in [0.1, 0.15) is 0 Å². The summed E-state index contributed by atoms with van der Waals surface area (Å²) < 4.78 is 0. The smallest absolute Gasteiger partial charge is 0.335 e. The summed E-state index contributed by atoms with van der Waals surface area (Å²) in [6.07, 6.45) is 0. The number of likely N-dealkylation sites (N-methyl/N-ethyl adjacent to an activating group) is 1. The lowest BCUT2D eigenvalue weighted by molar-refractivity contribution is 0.0696. The van der Waals surface area contributed by atoms with Gasteiger partial charge in [0.25, 0.3) is 0 Å². The lowest BCUT2D eigenvalue weighted by Gasteiger charge is -2.15. The van der Waals surface area contributed by atoms with Gasteiger partial charge in [-0.2, -0.15) is 0 Å². The molecule has 1 aromatic carbocycles. The molecule has 0 amide bonds. The van der Waals surface area contributed by atoms with Crippen LogP contribution in [0.25, 0.3) is 0 Å². The van der Waals surface area contributed by atoms with E-state index in [0.717, 1.165) is 25.7 Å². The minimum absolute atomic E-state index is 0.00241. The van der Waals surface area contributed by atoms with E-state index in [2.05, 4.69) is 18.7 Å². The number of aryl methyl sites for hydroxylation is 1. The molecule has 0 aliphatic heterocycles. The average molecular weight is 297 g/mol. The Morgan fingerprint density at radius 3 is 1.67 bits per heavy atom. The molecule has 118 valence electrons. The van der Waals surface area contributed by atoms with Crippen LogP contribution >= 0.6 is 0 Å². The van der Waals surface area contributed by atoms with Crippen LogP contribution in [0.3, 0.4) is 0 Å². The van der Waals surface area contributed by atoms with E-state index in [1.165, 1.54) is 12.1 Å². The van der Waals surface area contributed by atoms with Crippen molar-refractivity contribution in [3.63, 3.8) is 0 Å². The van der Waals surface area contributed by atoms with Crippen LogP contribution in [0.2, 0.25) is 0 Å². The maximum Gasteiger partial charge on any atom is 0.335 e. The highest BCUT2D eigenvalue weighted by atomic mass is 16.4. The van der Waals surface area contributed by atoms with Crippen molar-refractivity contribution in [1.82, 2.24) is 4.90 Å². The minimum atomic E-state index is -1.12. The summed E-state index contributed by atoms with van der Waals surface area (Å²) in [7, 11) is 0. The zero-order valence-corrected chi connectivity index (χ0v) is 12.7. The first-order chi connectivity index (χ1) is 9.85. The molecule has 0 saturated carbocycles. The van der Waals surface area contributed by atoms with E-state index in [0.29, 0.717) is 5.56 Å². The van der Waals surface area contributed by atoms with Crippen molar-refractivity contribution in [2.24, 2.45) is 0 Å². The Labute approximate surface area is 124 Å². The molecule has 0 aliphatic rings. The largest absolute Gasteiger partial charge is 0.478 e. The lowest BCUT2D eigenvalue weighted by Crippen LogP contribution is -2.25. The molecule has 0 aliphatic carbocycles. The highest BCUT2D eigenvalue weighted by Gasteiger charge is 2.09. The van der Waals surface area contributed by atoms with E-state index in [1.807, 2.05) is 0 Å². The van der Waals surface area contributed by atoms with Crippen LogP contribution in [-0.2, 0) is 0 Å². The second kappa shape index (κ2) is 9.90. The minimum Gasteiger partial charge on any atom is -0.478 e. The second-order valence-corrected chi connectivity index (χ2v) is 4.45. The van der Waals surface area contributed by atoms with Gasteiger partial charge in [-0.1, -0.05) is 13.8 Å². The van der Waals surface area contributed by atoms with E-state index >= 15 is 0 Å². The molecule has 0 heterocycles. The van der Waals surface area contributed by atoms with Crippen molar-refractivity contribution in [2.75, 3.05) is 26.2 Å². The summed E-state index contributed by atoms with van der Waals surface area (Å²) in [6, 6.07) is 3.99. The highest BCUT2D eigenvalue weighted by Crippen LogP contribution is 2.09. The fourth-order valence-corrected chi connectivity index (χ4v) is 1.71. The van der Waals surface area contributed by atoms with Crippen LogP contribution in [-0.4, -0.2) is 58.4 Å². The van der Waals surface area contributed by atoms with E-state index < -0.39 is 11.9 Å². The van der Waals surface area contributed by atoms with Crippen molar-refractivity contribution >= 4 is 11.9 Å². The quantitative estimate of drug-likeness (QED) is 0.739. The normalized spacial score (nSPS) is 9.95. The summed E-state index contributed by atoms with van der Waals surface area (Å²) >= 11 is 0. The van der Waals surface area contributed by atoms with Crippen LogP contribution in [0.15, 0.2) is 18.2 Å². The van der Waals surface area contributed by atoms with Crippen LogP contribution < -0.4 is 0 Å². The van der Waals surface area contributed by atoms with Crippen LogP contribution in [0.1, 0.15) is 40.1 Å². The summed E-state index contributed by atoms with van der Waals surface area (Å²) in [5.74, 6) is -2.24. The number of aromatic carboxylic acids is 2. The Morgan fingerprint density at radius 1 is 1.00 bits per heavy atom. The standard InChI is InChI=1S/C9H8O4.C6H15NO/c1-5-2-6(8(10)11)4-7(3-5)9(12)13;1-3-7(4-2)5-6-8/h2-4H,1H3,(H,10,11)(H,12,13);8H,3-6H2,1-2H3. The summed E-state index contributed by atoms with van der Waals surface area (Å²) in [5, 5.41) is 25.7. The number of nitrogens with zero attached hydrogens (tertiary/aromatic N) is 1. The zero-order chi connectivity index (χ0) is 16.4. The van der Waals surface area contributed by atoms with Gasteiger partial charge in [0.15, 0.2) is 0 Å². The maximum atomic E-state index is 10.5. The number of hydrogen-bond donors (Lipinski definition) is 3. The molecule has 21 heavy (non-hydrogen) atoms. The maximum absolute atomic E-state index is 10.5. The molecule has 6 nitrogen and oxygen atoms in total. The van der Waals surface area contributed by atoms with Crippen molar-refractivity contribution < 1.29 is 24.9 Å². The Morgan fingerprint density at radius 2 is 1.43 bits per heavy atom. The van der Waals surface area contributed by atoms with Gasteiger partial charge in [0.05, 0.1) is 17.7 Å². The van der Waals surface area contributed by atoms with E-state index in [1.54, 1.807) is 6.92 Å². The van der Waals surface area contributed by atoms with Gasteiger partial charge in [-0.15, -0.1) is 0 Å². The Bertz CT molecular complexity index is 437. The zero-order valence-electron chi connectivity index (χ0n) is 12.7. The number of carboxylic acid groups (broad SMARTS) is 2. The number of hydrogen-bond acceptors (Lipinski definition) is 4. The number of aliphatic hydroxyl groups is 1. The monoisotopic (exact) mass is 297 g/mol. The number of carbonyl (C=O) groups is 2. The third kappa shape index (κ3) is 7.43. The van der Waals surface area contributed by atoms with E-state index in [9.17, 15) is 9.59 Å². The Kier molecular flexibility index (Phi) is 9.00. The van der Waals surface area contributed by atoms with Gasteiger partial charge < -0.3 is 20.2 Å². The fourth-order valence-electron chi connectivity index (χ4n) is 1.71. The molecule has 0 aromatic heterocycles. The molecular formula is C15H23NO5. The number of benzene rings is 1. The van der Waals surface area contributed by atoms with Crippen molar-refractivity contribution in [3.8, 4) is 0 Å². The fraction of sp³-hybridized carbons (Fsp3) is 0.467. The molecule has 3 N–H and O–H groups in total. The van der Waals surface area contributed by atoms with Gasteiger partial charge in [-0.3, -0.25) is 0 Å². The van der Waals surface area contributed by atoms with Crippen molar-refractivity contribution in [2.45, 2.75) is 20.8 Å². The number of aliphatic hydroxyl groups excluding tert-OH is 1. The van der Waals surface area contributed by atoms with Gasteiger partial charge >= 0.3 is 11.9 Å². The molecule has 1 aromatic rings. The molecule has 0 saturated heterocycles. The van der Waals surface area contributed by atoms with Crippen LogP contribution in [0.4, 0.5) is 0 Å².